The van der Waals surface area contributed by atoms with E-state index in [4.69, 9.17) is 5.73 Å². The van der Waals surface area contributed by atoms with Crippen molar-refractivity contribution in [2.24, 2.45) is 0 Å². The first-order valence-corrected chi connectivity index (χ1v) is 6.26. The van der Waals surface area contributed by atoms with E-state index >= 15 is 0 Å². The summed E-state index contributed by atoms with van der Waals surface area (Å²) in [7, 11) is 0. The topological polar surface area (TPSA) is 29.3 Å². The molecule has 0 aliphatic carbocycles. The van der Waals surface area contributed by atoms with Gasteiger partial charge in [-0.05, 0) is 49.4 Å². The lowest BCUT2D eigenvalue weighted by Gasteiger charge is -2.32. The van der Waals surface area contributed by atoms with Crippen LogP contribution >= 0.6 is 0 Å². The summed E-state index contributed by atoms with van der Waals surface area (Å²) in [6.45, 7) is 8.95. The van der Waals surface area contributed by atoms with E-state index in [0.717, 1.165) is 31.6 Å². The highest BCUT2D eigenvalue weighted by Crippen LogP contribution is 2.25. The summed E-state index contributed by atoms with van der Waals surface area (Å²) >= 11 is 0. The minimum Gasteiger partial charge on any atom is -0.398 e. The van der Waals surface area contributed by atoms with Gasteiger partial charge in [0.1, 0.15) is 0 Å². The Kier molecular flexibility index (Phi) is 3.20. The van der Waals surface area contributed by atoms with Crippen molar-refractivity contribution in [2.45, 2.75) is 46.2 Å². The van der Waals surface area contributed by atoms with Crippen LogP contribution in [-0.2, 0) is 19.4 Å². The first kappa shape index (κ1) is 11.5. The van der Waals surface area contributed by atoms with Crippen molar-refractivity contribution in [1.29, 1.82) is 0 Å². The minimum atomic E-state index is 0.635. The Bertz CT molecular complexity index is 383. The van der Waals surface area contributed by atoms with Gasteiger partial charge in [-0.25, -0.2) is 0 Å². The van der Waals surface area contributed by atoms with Gasteiger partial charge in [0.15, 0.2) is 0 Å². The molecule has 0 spiro atoms. The molecule has 88 valence electrons. The van der Waals surface area contributed by atoms with Gasteiger partial charge in [0.2, 0.25) is 0 Å². The Balaban J connectivity index is 2.30. The SMILES string of the molecule is CCc1cc2c(cc1N)CCN(C(C)C)C2. The lowest BCUT2D eigenvalue weighted by Crippen LogP contribution is -2.36. The molecule has 1 aromatic rings. The number of rotatable bonds is 2. The van der Waals surface area contributed by atoms with Crippen molar-refractivity contribution in [2.75, 3.05) is 12.3 Å². The Morgan fingerprint density at radius 1 is 1.31 bits per heavy atom. The summed E-state index contributed by atoms with van der Waals surface area (Å²) in [6, 6.07) is 5.13. The number of nitrogens with two attached hydrogens (primary N) is 1. The van der Waals surface area contributed by atoms with Crippen molar-refractivity contribution in [3.63, 3.8) is 0 Å². The summed E-state index contributed by atoms with van der Waals surface area (Å²) in [5, 5.41) is 0. The number of aryl methyl sites for hydroxylation is 1. The Morgan fingerprint density at radius 3 is 2.69 bits per heavy atom. The van der Waals surface area contributed by atoms with Crippen LogP contribution in [0.25, 0.3) is 0 Å². The maximum Gasteiger partial charge on any atom is 0.0349 e. The Labute approximate surface area is 98.4 Å². The smallest absolute Gasteiger partial charge is 0.0349 e. The molecule has 2 N–H and O–H groups in total. The lowest BCUT2D eigenvalue weighted by molar-refractivity contribution is 0.203. The number of nitrogen functional groups attached to an aromatic ring is 1. The van der Waals surface area contributed by atoms with Crippen molar-refractivity contribution in [3.05, 3.63) is 28.8 Å². The number of hydrogen-bond donors (Lipinski definition) is 1. The average Bonchev–Trinajstić information content (AvgIpc) is 2.27. The highest BCUT2D eigenvalue weighted by Gasteiger charge is 2.19. The molecule has 0 radical (unpaired) electrons. The van der Waals surface area contributed by atoms with Gasteiger partial charge in [-0.15, -0.1) is 0 Å². The minimum absolute atomic E-state index is 0.635. The van der Waals surface area contributed by atoms with Gasteiger partial charge in [0, 0.05) is 24.8 Å². The predicted octanol–water partition coefficient (Wildman–Crippen LogP) is 2.60. The fourth-order valence-electron chi connectivity index (χ4n) is 2.45. The van der Waals surface area contributed by atoms with E-state index in [2.05, 4.69) is 37.8 Å². The van der Waals surface area contributed by atoms with Crippen LogP contribution in [0.5, 0.6) is 0 Å². The number of fused-ring (bicyclic) bond motifs is 1. The molecular weight excluding hydrogens is 196 g/mol. The Hall–Kier alpha value is -1.02. The van der Waals surface area contributed by atoms with Gasteiger partial charge >= 0.3 is 0 Å². The number of anilines is 1. The lowest BCUT2D eigenvalue weighted by atomic mass is 9.94. The molecule has 2 heteroatoms. The summed E-state index contributed by atoms with van der Waals surface area (Å²) in [5.74, 6) is 0. The van der Waals surface area contributed by atoms with Crippen LogP contribution in [0.15, 0.2) is 12.1 Å². The second-order valence-corrected chi connectivity index (χ2v) is 4.99. The average molecular weight is 218 g/mol. The number of nitrogens with zero attached hydrogens (tertiary/aromatic N) is 1. The molecule has 0 unspecified atom stereocenters. The second kappa shape index (κ2) is 4.46. The van der Waals surface area contributed by atoms with E-state index in [9.17, 15) is 0 Å². The highest BCUT2D eigenvalue weighted by atomic mass is 15.1. The Morgan fingerprint density at radius 2 is 2.06 bits per heavy atom. The molecule has 0 aromatic heterocycles. The molecule has 0 saturated heterocycles. The standard InChI is InChI=1S/C14H22N2/c1-4-11-7-13-9-16(10(2)3)6-5-12(13)8-14(11)15/h7-8,10H,4-6,9,15H2,1-3H3. The molecule has 0 atom stereocenters. The van der Waals surface area contributed by atoms with E-state index in [1.807, 2.05) is 0 Å². The molecule has 2 nitrogen and oxygen atoms in total. The quantitative estimate of drug-likeness (QED) is 0.773. The van der Waals surface area contributed by atoms with Crippen LogP contribution in [0.1, 0.15) is 37.5 Å². The molecule has 1 aromatic carbocycles. The van der Waals surface area contributed by atoms with Gasteiger partial charge in [-0.2, -0.15) is 0 Å². The summed E-state index contributed by atoms with van der Waals surface area (Å²) < 4.78 is 0. The van der Waals surface area contributed by atoms with E-state index in [-0.39, 0.29) is 0 Å². The maximum atomic E-state index is 6.04. The number of benzene rings is 1. The third-order valence-electron chi connectivity index (χ3n) is 3.61. The molecule has 0 fully saturated rings. The van der Waals surface area contributed by atoms with Gasteiger partial charge in [0.05, 0.1) is 0 Å². The summed E-state index contributed by atoms with van der Waals surface area (Å²) in [5.41, 5.74) is 11.2. The van der Waals surface area contributed by atoms with Crippen LogP contribution in [-0.4, -0.2) is 17.5 Å². The molecule has 2 rings (SSSR count). The predicted molar refractivity (Wildman–Crippen MR) is 69.5 cm³/mol. The van der Waals surface area contributed by atoms with Crippen LogP contribution < -0.4 is 5.73 Å². The van der Waals surface area contributed by atoms with Gasteiger partial charge in [-0.1, -0.05) is 13.0 Å². The van der Waals surface area contributed by atoms with Crippen molar-refractivity contribution < 1.29 is 0 Å². The maximum absolute atomic E-state index is 6.04. The third kappa shape index (κ3) is 2.07. The molecule has 0 bridgehead atoms. The van der Waals surface area contributed by atoms with Crippen molar-refractivity contribution >= 4 is 5.69 Å². The van der Waals surface area contributed by atoms with E-state index in [0.29, 0.717) is 6.04 Å². The largest absolute Gasteiger partial charge is 0.398 e. The van der Waals surface area contributed by atoms with Crippen LogP contribution in [0.4, 0.5) is 5.69 Å². The van der Waals surface area contributed by atoms with E-state index < -0.39 is 0 Å². The zero-order chi connectivity index (χ0) is 11.7. The summed E-state index contributed by atoms with van der Waals surface area (Å²) in [4.78, 5) is 2.53. The number of hydrogen-bond acceptors (Lipinski definition) is 2. The first-order chi connectivity index (χ1) is 7.61. The molecule has 1 heterocycles. The van der Waals surface area contributed by atoms with Crippen LogP contribution in [0, 0.1) is 0 Å². The first-order valence-electron chi connectivity index (χ1n) is 6.26. The van der Waals surface area contributed by atoms with Crippen molar-refractivity contribution in [1.82, 2.24) is 4.90 Å². The van der Waals surface area contributed by atoms with Crippen LogP contribution in [0.2, 0.25) is 0 Å². The molecule has 1 aliphatic heterocycles. The molecule has 0 saturated carbocycles. The van der Waals surface area contributed by atoms with E-state index in [1.54, 1.807) is 0 Å². The molecular formula is C14H22N2. The van der Waals surface area contributed by atoms with Gasteiger partial charge in [0.25, 0.3) is 0 Å². The fourth-order valence-corrected chi connectivity index (χ4v) is 2.45. The van der Waals surface area contributed by atoms with Crippen molar-refractivity contribution in [3.8, 4) is 0 Å². The fraction of sp³-hybridized carbons (Fsp3) is 0.571. The monoisotopic (exact) mass is 218 g/mol. The zero-order valence-corrected chi connectivity index (χ0v) is 10.6. The highest BCUT2D eigenvalue weighted by molar-refractivity contribution is 5.52. The van der Waals surface area contributed by atoms with Crippen LogP contribution in [0.3, 0.4) is 0 Å². The van der Waals surface area contributed by atoms with Gasteiger partial charge in [-0.3, -0.25) is 4.90 Å². The van der Waals surface area contributed by atoms with E-state index in [1.165, 1.54) is 16.7 Å². The third-order valence-corrected chi connectivity index (χ3v) is 3.61. The normalized spacial score (nSPS) is 16.5. The summed E-state index contributed by atoms with van der Waals surface area (Å²) in [6.07, 6.45) is 2.17. The zero-order valence-electron chi connectivity index (χ0n) is 10.6. The van der Waals surface area contributed by atoms with Gasteiger partial charge < -0.3 is 5.73 Å². The molecule has 1 aliphatic rings. The second-order valence-electron chi connectivity index (χ2n) is 4.99. The molecule has 16 heavy (non-hydrogen) atoms. The molecule has 0 amide bonds.